The van der Waals surface area contributed by atoms with Crippen LogP contribution in [0.15, 0.2) is 53.3 Å². The second-order valence-electron chi connectivity index (χ2n) is 8.13. The van der Waals surface area contributed by atoms with E-state index in [0.717, 1.165) is 18.5 Å². The van der Waals surface area contributed by atoms with E-state index in [1.807, 2.05) is 0 Å². The van der Waals surface area contributed by atoms with E-state index in [1.165, 1.54) is 10.8 Å². The molecule has 0 spiro atoms. The summed E-state index contributed by atoms with van der Waals surface area (Å²) in [5, 5.41) is 17.8. The van der Waals surface area contributed by atoms with Crippen LogP contribution >= 0.6 is 0 Å². The Morgan fingerprint density at radius 3 is 2.67 bits per heavy atom. The molecule has 5 rings (SSSR count). The number of aryl methyl sites for hydroxylation is 1. The Labute approximate surface area is 204 Å². The number of nitrogens with one attached hydrogen (secondary N) is 3. The summed E-state index contributed by atoms with van der Waals surface area (Å²) in [7, 11) is 1.78. The van der Waals surface area contributed by atoms with Crippen molar-refractivity contribution in [2.75, 3.05) is 23.7 Å². The fourth-order valence-corrected chi connectivity index (χ4v) is 3.66. The molecule has 0 saturated heterocycles. The van der Waals surface area contributed by atoms with Gasteiger partial charge in [-0.25, -0.2) is 9.78 Å². The molecule has 4 heterocycles. The molecule has 0 atom stereocenters. The summed E-state index contributed by atoms with van der Waals surface area (Å²) in [5.41, 5.74) is 6.04. The molecule has 184 valence electrons. The second kappa shape index (κ2) is 9.84. The van der Waals surface area contributed by atoms with Crippen LogP contribution < -0.4 is 21.7 Å². The predicted molar refractivity (Wildman–Crippen MR) is 131 cm³/mol. The summed E-state index contributed by atoms with van der Waals surface area (Å²) < 4.78 is 8.48. The quantitative estimate of drug-likeness (QED) is 0.237. The molecule has 0 fully saturated rings. The number of hydrogen-bond donors (Lipinski definition) is 4. The van der Waals surface area contributed by atoms with Gasteiger partial charge in [0.2, 0.25) is 17.7 Å². The van der Waals surface area contributed by atoms with Crippen LogP contribution in [0.3, 0.4) is 0 Å². The van der Waals surface area contributed by atoms with E-state index in [2.05, 4.69) is 41.8 Å². The Kier molecular flexibility index (Phi) is 6.28. The van der Waals surface area contributed by atoms with E-state index in [9.17, 15) is 9.59 Å². The van der Waals surface area contributed by atoms with Gasteiger partial charge in [0, 0.05) is 31.9 Å². The molecular weight excluding hydrogens is 464 g/mol. The van der Waals surface area contributed by atoms with Crippen molar-refractivity contribution in [2.45, 2.75) is 12.8 Å². The first-order valence-corrected chi connectivity index (χ1v) is 11.4. The average Bonchev–Trinajstić information content (AvgIpc) is 3.59. The Morgan fingerprint density at radius 1 is 1.08 bits per heavy atom. The van der Waals surface area contributed by atoms with E-state index < -0.39 is 6.03 Å². The molecule has 3 amide bonds. The smallest absolute Gasteiger partial charge is 0.326 e. The standard InChI is InChI=1S/C23H24N10O3/c1-32-13-16-19(30-32)28-22(33-21(16)27-20(31-33)17-4-2-11-36-17)29-23(35)26-15-7-5-14(6-8-15)12-18(34)25-10-3-9-24/h2,4-8,11,13H,3,9-10,12,24H2,1H3,(H,25,34)(H2,26,28,29,30,35)/p+1. The van der Waals surface area contributed by atoms with Gasteiger partial charge in [-0.1, -0.05) is 12.1 Å². The van der Waals surface area contributed by atoms with Crippen molar-refractivity contribution in [1.82, 2.24) is 34.7 Å². The summed E-state index contributed by atoms with van der Waals surface area (Å²) in [6, 6.07) is 10.0. The highest BCUT2D eigenvalue weighted by atomic mass is 16.3. The number of carbonyl (C=O) groups excluding carboxylic acids is 2. The highest BCUT2D eigenvalue weighted by Crippen LogP contribution is 2.24. The van der Waals surface area contributed by atoms with Crippen molar-refractivity contribution in [1.29, 1.82) is 0 Å². The van der Waals surface area contributed by atoms with E-state index in [0.29, 0.717) is 40.5 Å². The number of hydrogen-bond acceptors (Lipinski definition) is 7. The minimum absolute atomic E-state index is 0.0522. The van der Waals surface area contributed by atoms with Crippen molar-refractivity contribution in [3.8, 4) is 11.6 Å². The number of benzene rings is 1. The molecule has 0 bridgehead atoms. The zero-order valence-corrected chi connectivity index (χ0v) is 19.6. The fraction of sp³-hybridized carbons (Fsp3) is 0.217. The van der Waals surface area contributed by atoms with Crippen LogP contribution in [-0.4, -0.2) is 54.4 Å². The maximum absolute atomic E-state index is 12.8. The number of furan rings is 1. The molecule has 0 radical (unpaired) electrons. The first-order chi connectivity index (χ1) is 17.5. The zero-order chi connectivity index (χ0) is 25.1. The Bertz CT molecular complexity index is 1520. The van der Waals surface area contributed by atoms with Gasteiger partial charge in [0.15, 0.2) is 17.1 Å². The monoisotopic (exact) mass is 489 g/mol. The van der Waals surface area contributed by atoms with Gasteiger partial charge in [0.05, 0.1) is 24.6 Å². The largest absolute Gasteiger partial charge is 0.461 e. The highest BCUT2D eigenvalue weighted by Gasteiger charge is 2.19. The molecule has 13 nitrogen and oxygen atoms in total. The zero-order valence-electron chi connectivity index (χ0n) is 19.6. The van der Waals surface area contributed by atoms with Gasteiger partial charge in [-0.05, 0) is 29.8 Å². The number of nitrogens with zero attached hydrogens (tertiary/aromatic N) is 6. The van der Waals surface area contributed by atoms with Gasteiger partial charge in [-0.15, -0.1) is 5.10 Å². The molecular formula is C23H25N10O3+. The molecule has 13 heteroatoms. The number of quaternary nitrogens is 1. The molecule has 4 aromatic heterocycles. The third-order valence-corrected chi connectivity index (χ3v) is 5.36. The van der Waals surface area contributed by atoms with Crippen LogP contribution in [0.5, 0.6) is 0 Å². The molecule has 0 saturated carbocycles. The van der Waals surface area contributed by atoms with E-state index in [4.69, 9.17) is 4.42 Å². The predicted octanol–water partition coefficient (Wildman–Crippen LogP) is 1.21. The van der Waals surface area contributed by atoms with Crippen LogP contribution in [0.4, 0.5) is 16.4 Å². The maximum atomic E-state index is 12.8. The lowest BCUT2D eigenvalue weighted by atomic mass is 10.1. The normalized spacial score (nSPS) is 11.2. The minimum atomic E-state index is -0.521. The Morgan fingerprint density at radius 2 is 1.92 bits per heavy atom. The number of rotatable bonds is 8. The van der Waals surface area contributed by atoms with Gasteiger partial charge in [-0.2, -0.15) is 14.6 Å². The third-order valence-electron chi connectivity index (χ3n) is 5.36. The summed E-state index contributed by atoms with van der Waals surface area (Å²) in [4.78, 5) is 33.8. The molecule has 36 heavy (non-hydrogen) atoms. The van der Waals surface area contributed by atoms with Crippen LogP contribution in [0.1, 0.15) is 12.0 Å². The maximum Gasteiger partial charge on any atom is 0.326 e. The molecule has 0 aliphatic rings. The summed E-state index contributed by atoms with van der Waals surface area (Å²) >= 11 is 0. The summed E-state index contributed by atoms with van der Waals surface area (Å²) in [6.45, 7) is 1.39. The van der Waals surface area contributed by atoms with Crippen molar-refractivity contribution < 1.29 is 19.7 Å². The van der Waals surface area contributed by atoms with E-state index in [1.54, 1.807) is 54.3 Å². The molecule has 6 N–H and O–H groups in total. The third kappa shape index (κ3) is 4.86. The van der Waals surface area contributed by atoms with Crippen LogP contribution in [-0.2, 0) is 18.3 Å². The SMILES string of the molecule is Cn1cc2c(nc(NC(=O)Nc3ccc(CC(=O)NCCC[NH3+])cc3)n3nc(-c4ccco4)nc23)n1. The molecule has 0 aliphatic heterocycles. The summed E-state index contributed by atoms with van der Waals surface area (Å²) in [5.74, 6) is 0.938. The lowest BCUT2D eigenvalue weighted by Gasteiger charge is -2.09. The van der Waals surface area contributed by atoms with Gasteiger partial charge < -0.3 is 20.8 Å². The first-order valence-electron chi connectivity index (χ1n) is 11.4. The number of fused-ring (bicyclic) bond motifs is 3. The lowest BCUT2D eigenvalue weighted by molar-refractivity contribution is -0.367. The minimum Gasteiger partial charge on any atom is -0.461 e. The number of carbonyl (C=O) groups is 2. The number of amides is 3. The fourth-order valence-electron chi connectivity index (χ4n) is 3.66. The Balaban J connectivity index is 1.32. The molecule has 0 unspecified atom stereocenters. The van der Waals surface area contributed by atoms with Crippen LogP contribution in [0, 0.1) is 0 Å². The van der Waals surface area contributed by atoms with Gasteiger partial charge in [0.25, 0.3) is 0 Å². The van der Waals surface area contributed by atoms with Crippen LogP contribution in [0.25, 0.3) is 28.3 Å². The first kappa shape index (κ1) is 23.0. The average molecular weight is 490 g/mol. The van der Waals surface area contributed by atoms with Crippen molar-refractivity contribution in [3.05, 3.63) is 54.4 Å². The summed E-state index contributed by atoms with van der Waals surface area (Å²) in [6.07, 6.45) is 4.43. The second-order valence-corrected chi connectivity index (χ2v) is 8.13. The van der Waals surface area contributed by atoms with E-state index >= 15 is 0 Å². The van der Waals surface area contributed by atoms with Crippen molar-refractivity contribution >= 4 is 40.3 Å². The van der Waals surface area contributed by atoms with Crippen LogP contribution in [0.2, 0.25) is 0 Å². The van der Waals surface area contributed by atoms with Gasteiger partial charge in [-0.3, -0.25) is 14.8 Å². The van der Waals surface area contributed by atoms with Gasteiger partial charge >= 0.3 is 6.03 Å². The topological polar surface area (TPSA) is 172 Å². The molecule has 5 aromatic rings. The van der Waals surface area contributed by atoms with Crippen molar-refractivity contribution in [2.24, 2.45) is 7.05 Å². The lowest BCUT2D eigenvalue weighted by Crippen LogP contribution is -2.51. The molecule has 1 aromatic carbocycles. The number of anilines is 2. The number of urea groups is 1. The molecule has 0 aliphatic carbocycles. The highest BCUT2D eigenvalue weighted by molar-refractivity contribution is 6.00. The van der Waals surface area contributed by atoms with Crippen molar-refractivity contribution in [3.63, 3.8) is 0 Å². The van der Waals surface area contributed by atoms with E-state index in [-0.39, 0.29) is 18.3 Å². The van der Waals surface area contributed by atoms with Gasteiger partial charge in [0.1, 0.15) is 0 Å². The number of aromatic nitrogens is 6. The Hall–Kier alpha value is -4.78.